The van der Waals surface area contributed by atoms with E-state index in [0.29, 0.717) is 12.6 Å². The van der Waals surface area contributed by atoms with Crippen molar-refractivity contribution in [1.82, 2.24) is 0 Å². The van der Waals surface area contributed by atoms with Crippen molar-refractivity contribution < 1.29 is 9.53 Å². The number of hydrogen-bond donors (Lipinski definition) is 0. The zero-order valence-corrected chi connectivity index (χ0v) is 12.4. The summed E-state index contributed by atoms with van der Waals surface area (Å²) < 4.78 is 4.74. The van der Waals surface area contributed by atoms with Gasteiger partial charge in [0.1, 0.15) is 0 Å². The Labute approximate surface area is 121 Å². The average molecular weight is 283 g/mol. The highest BCUT2D eigenvalue weighted by atomic mass is 31.2. The van der Waals surface area contributed by atoms with E-state index in [1.54, 1.807) is 0 Å². The van der Waals surface area contributed by atoms with Gasteiger partial charge in [-0.05, 0) is 24.3 Å². The first-order chi connectivity index (χ1) is 9.66. The highest BCUT2D eigenvalue weighted by Crippen LogP contribution is 2.51. The van der Waals surface area contributed by atoms with Crippen molar-refractivity contribution >= 4 is 31.3 Å². The van der Waals surface area contributed by atoms with Crippen molar-refractivity contribution in [2.75, 3.05) is 13.3 Å². The molecule has 4 heteroatoms. The van der Waals surface area contributed by atoms with E-state index in [1.165, 1.54) is 7.11 Å². The highest BCUT2D eigenvalue weighted by molar-refractivity contribution is 8.08. The molecule has 2 aromatic rings. The molecule has 0 saturated carbocycles. The minimum Gasteiger partial charge on any atom is -0.469 e. The van der Waals surface area contributed by atoms with Gasteiger partial charge >= 0.3 is 13.5 Å². The Morgan fingerprint density at radius 1 is 1.00 bits per heavy atom. The number of hydrogen-bond acceptors (Lipinski definition) is 2. The third-order valence-corrected chi connectivity index (χ3v) is 6.70. The molecule has 2 aromatic carbocycles. The van der Waals surface area contributed by atoms with E-state index < -0.39 is 7.14 Å². The zero-order valence-electron chi connectivity index (χ0n) is 11.5. The summed E-state index contributed by atoms with van der Waals surface area (Å²) in [6.45, 7) is 0. The number of methoxy groups -OCH3 is 1. The molecular formula is C16H17BO2P+. The minimum absolute atomic E-state index is 0.216. The summed E-state index contributed by atoms with van der Waals surface area (Å²) in [4.78, 5) is 11.5. The van der Waals surface area contributed by atoms with E-state index in [0.717, 1.165) is 10.6 Å². The molecule has 0 spiro atoms. The number of carbonyl (C=O) groups is 1. The second-order valence-corrected chi connectivity index (χ2v) is 7.81. The number of ether oxygens (including phenoxy) is 1. The molecule has 20 heavy (non-hydrogen) atoms. The summed E-state index contributed by atoms with van der Waals surface area (Å²) in [5, 5.41) is 2.21. The number of benzene rings is 2. The molecule has 100 valence electrons. The molecule has 0 amide bonds. The molecule has 0 saturated heterocycles. The van der Waals surface area contributed by atoms with Gasteiger partial charge in [0.15, 0.2) is 0 Å². The maximum Gasteiger partial charge on any atom is 0.377 e. The molecule has 0 atom stereocenters. The summed E-state index contributed by atoms with van der Waals surface area (Å²) in [6.07, 6.45) is 0.957. The Hall–Kier alpha value is -1.60. The normalized spacial score (nSPS) is 11.1. The fourth-order valence-corrected chi connectivity index (χ4v) is 4.92. The summed E-state index contributed by atoms with van der Waals surface area (Å²) >= 11 is 0. The number of rotatable bonds is 5. The van der Waals surface area contributed by atoms with Crippen LogP contribution in [0.1, 0.15) is 6.42 Å². The SMILES string of the molecule is [B][P+](CCC(=O)OC)(c1ccccc1)c1ccccc1. The van der Waals surface area contributed by atoms with Crippen molar-refractivity contribution in [3.8, 4) is 0 Å². The number of carbonyl (C=O) groups excluding carboxylic acids is 1. The van der Waals surface area contributed by atoms with Gasteiger partial charge in [-0.2, -0.15) is 0 Å². The number of esters is 1. The molecule has 0 aliphatic carbocycles. The van der Waals surface area contributed by atoms with Crippen molar-refractivity contribution in [1.29, 1.82) is 0 Å². The molecule has 0 bridgehead atoms. The van der Waals surface area contributed by atoms with Gasteiger partial charge in [-0.3, -0.25) is 4.79 Å². The Kier molecular flexibility index (Phi) is 4.97. The first-order valence-corrected chi connectivity index (χ1v) is 8.56. The van der Waals surface area contributed by atoms with Crippen molar-refractivity contribution in [3.05, 3.63) is 60.7 Å². The van der Waals surface area contributed by atoms with Crippen LogP contribution in [0.5, 0.6) is 0 Å². The Morgan fingerprint density at radius 2 is 1.45 bits per heavy atom. The van der Waals surface area contributed by atoms with E-state index in [-0.39, 0.29) is 5.97 Å². The Bertz CT molecular complexity index is 518. The van der Waals surface area contributed by atoms with Gasteiger partial charge in [-0.1, -0.05) is 36.4 Å². The van der Waals surface area contributed by atoms with E-state index in [4.69, 9.17) is 12.3 Å². The van der Waals surface area contributed by atoms with E-state index >= 15 is 0 Å². The summed E-state index contributed by atoms with van der Waals surface area (Å²) in [5.41, 5.74) is 0. The molecule has 2 nitrogen and oxygen atoms in total. The second-order valence-electron chi connectivity index (χ2n) is 4.59. The quantitative estimate of drug-likeness (QED) is 0.478. The van der Waals surface area contributed by atoms with E-state index in [1.807, 2.05) is 60.7 Å². The molecule has 0 heterocycles. The van der Waals surface area contributed by atoms with Crippen LogP contribution in [0.4, 0.5) is 0 Å². The van der Waals surface area contributed by atoms with Gasteiger partial charge in [0.05, 0.1) is 30.3 Å². The van der Waals surface area contributed by atoms with Gasteiger partial charge < -0.3 is 4.74 Å². The largest absolute Gasteiger partial charge is 0.469 e. The van der Waals surface area contributed by atoms with Crippen LogP contribution in [0.25, 0.3) is 0 Å². The predicted molar refractivity (Wildman–Crippen MR) is 86.3 cm³/mol. The molecule has 0 fully saturated rings. The zero-order chi connectivity index (χ0) is 14.4. The standard InChI is InChI=1S/C16H17BO2P/c1-19-16(18)12-13-20(17,14-8-4-2-5-9-14)15-10-6-3-7-11-15/h2-11H,12-13H2,1H3/q+1. The van der Waals surface area contributed by atoms with Gasteiger partial charge in [-0.25, -0.2) is 0 Å². The highest BCUT2D eigenvalue weighted by Gasteiger charge is 2.37. The first-order valence-electron chi connectivity index (χ1n) is 6.51. The second kappa shape index (κ2) is 6.72. The third-order valence-electron chi connectivity index (χ3n) is 3.33. The molecule has 0 aliphatic rings. The molecule has 0 N–H and O–H groups in total. The van der Waals surface area contributed by atoms with Gasteiger partial charge in [-0.15, -0.1) is 0 Å². The van der Waals surface area contributed by atoms with Crippen molar-refractivity contribution in [3.63, 3.8) is 0 Å². The fraction of sp³-hybridized carbons (Fsp3) is 0.188. The summed E-state index contributed by atoms with van der Waals surface area (Å²) in [6, 6.07) is 20.0. The maximum atomic E-state index is 11.5. The Balaban J connectivity index is 2.36. The van der Waals surface area contributed by atoms with Gasteiger partial charge in [0.25, 0.3) is 0 Å². The first kappa shape index (κ1) is 14.8. The van der Waals surface area contributed by atoms with Crippen LogP contribution in [0.3, 0.4) is 0 Å². The lowest BCUT2D eigenvalue weighted by Crippen LogP contribution is -2.26. The van der Waals surface area contributed by atoms with Crippen LogP contribution in [-0.2, 0) is 9.53 Å². The van der Waals surface area contributed by atoms with Crippen LogP contribution < -0.4 is 10.6 Å². The van der Waals surface area contributed by atoms with Crippen LogP contribution in [0.15, 0.2) is 60.7 Å². The van der Waals surface area contributed by atoms with Crippen LogP contribution in [0.2, 0.25) is 0 Å². The maximum absolute atomic E-state index is 11.5. The predicted octanol–water partition coefficient (Wildman–Crippen LogP) is 2.30. The lowest BCUT2D eigenvalue weighted by atomic mass is 10.4. The molecule has 0 aromatic heterocycles. The molecule has 2 rings (SSSR count). The van der Waals surface area contributed by atoms with E-state index in [2.05, 4.69) is 0 Å². The fourth-order valence-electron chi connectivity index (χ4n) is 2.16. The molecule has 0 aliphatic heterocycles. The lowest BCUT2D eigenvalue weighted by molar-refractivity contribution is -0.140. The third kappa shape index (κ3) is 3.29. The summed E-state index contributed by atoms with van der Waals surface area (Å²) in [5.74, 6) is -0.216. The van der Waals surface area contributed by atoms with Crippen LogP contribution in [0, 0.1) is 0 Å². The van der Waals surface area contributed by atoms with Crippen molar-refractivity contribution in [2.24, 2.45) is 0 Å². The lowest BCUT2D eigenvalue weighted by Gasteiger charge is -2.23. The average Bonchev–Trinajstić information content (AvgIpc) is 2.54. The smallest absolute Gasteiger partial charge is 0.377 e. The van der Waals surface area contributed by atoms with Crippen LogP contribution >= 0.6 is 7.14 Å². The molecular weight excluding hydrogens is 266 g/mol. The van der Waals surface area contributed by atoms with E-state index in [9.17, 15) is 4.79 Å². The Morgan fingerprint density at radius 3 is 1.85 bits per heavy atom. The molecule has 2 radical (unpaired) electrons. The molecule has 0 unspecified atom stereocenters. The van der Waals surface area contributed by atoms with Crippen LogP contribution in [-0.4, -0.2) is 26.8 Å². The van der Waals surface area contributed by atoms with Gasteiger partial charge in [0, 0.05) is 7.14 Å². The monoisotopic (exact) mass is 283 g/mol. The topological polar surface area (TPSA) is 26.3 Å². The minimum atomic E-state index is -2.04. The van der Waals surface area contributed by atoms with Crippen molar-refractivity contribution in [2.45, 2.75) is 6.42 Å². The summed E-state index contributed by atoms with van der Waals surface area (Å²) in [7, 11) is 6.11. The van der Waals surface area contributed by atoms with Gasteiger partial charge in [0.2, 0.25) is 0 Å².